The molecule has 176 valence electrons. The fraction of sp³-hybridized carbons (Fsp3) is 0.625. The van der Waals surface area contributed by atoms with E-state index in [-0.39, 0.29) is 29.7 Å². The van der Waals surface area contributed by atoms with Crippen LogP contribution in [0.2, 0.25) is 0 Å². The highest BCUT2D eigenvalue weighted by atomic mass is 16.5. The van der Waals surface area contributed by atoms with Crippen molar-refractivity contribution in [3.8, 4) is 11.5 Å². The normalized spacial score (nSPS) is 19.3. The Morgan fingerprint density at radius 2 is 1.72 bits per heavy atom. The lowest BCUT2D eigenvalue weighted by Gasteiger charge is -2.25. The minimum atomic E-state index is -0.266. The van der Waals surface area contributed by atoms with Gasteiger partial charge in [-0.15, -0.1) is 0 Å². The number of ether oxygens (including phenoxy) is 2. The lowest BCUT2D eigenvalue weighted by molar-refractivity contribution is -0.136. The number of rotatable bonds is 7. The van der Waals surface area contributed by atoms with Crippen LogP contribution in [0, 0.1) is 5.92 Å². The van der Waals surface area contributed by atoms with Gasteiger partial charge >= 0.3 is 0 Å². The van der Waals surface area contributed by atoms with Crippen molar-refractivity contribution in [3.63, 3.8) is 0 Å². The molecule has 2 saturated heterocycles. The molecule has 3 rings (SSSR count). The van der Waals surface area contributed by atoms with E-state index in [9.17, 15) is 14.4 Å². The van der Waals surface area contributed by atoms with E-state index in [0.29, 0.717) is 63.5 Å². The van der Waals surface area contributed by atoms with Gasteiger partial charge in [-0.2, -0.15) is 0 Å². The molecule has 0 N–H and O–H groups in total. The Balaban J connectivity index is 1.51. The molecular weight excluding hydrogens is 410 g/mol. The van der Waals surface area contributed by atoms with Crippen LogP contribution in [-0.4, -0.2) is 85.4 Å². The van der Waals surface area contributed by atoms with Crippen LogP contribution in [0.3, 0.4) is 0 Å². The topological polar surface area (TPSA) is 79.4 Å². The number of benzene rings is 1. The van der Waals surface area contributed by atoms with Gasteiger partial charge < -0.3 is 24.2 Å². The fourth-order valence-electron chi connectivity index (χ4n) is 4.49. The van der Waals surface area contributed by atoms with Gasteiger partial charge in [-0.05, 0) is 44.4 Å². The third kappa shape index (κ3) is 5.53. The molecule has 3 amide bonds. The molecule has 0 bridgehead atoms. The molecule has 2 heterocycles. The van der Waals surface area contributed by atoms with Gasteiger partial charge in [-0.25, -0.2) is 0 Å². The molecule has 2 fully saturated rings. The summed E-state index contributed by atoms with van der Waals surface area (Å²) in [5.41, 5.74) is 1.02. The van der Waals surface area contributed by atoms with E-state index >= 15 is 0 Å². The first kappa shape index (κ1) is 23.9. The number of aryl methyl sites for hydroxylation is 1. The van der Waals surface area contributed by atoms with Crippen molar-refractivity contribution in [3.05, 3.63) is 23.8 Å². The molecule has 1 unspecified atom stereocenters. The Labute approximate surface area is 190 Å². The molecule has 32 heavy (non-hydrogen) atoms. The molecule has 1 aromatic carbocycles. The Bertz CT molecular complexity index is 841. The highest BCUT2D eigenvalue weighted by Crippen LogP contribution is 2.28. The largest absolute Gasteiger partial charge is 0.493 e. The van der Waals surface area contributed by atoms with E-state index in [0.717, 1.165) is 12.0 Å². The van der Waals surface area contributed by atoms with Gasteiger partial charge in [0.2, 0.25) is 17.7 Å². The maximum absolute atomic E-state index is 13.0. The monoisotopic (exact) mass is 445 g/mol. The number of carbonyl (C=O) groups excluding carboxylic acids is 3. The zero-order valence-electron chi connectivity index (χ0n) is 19.6. The Kier molecular flexibility index (Phi) is 7.99. The molecule has 1 atom stereocenters. The summed E-state index contributed by atoms with van der Waals surface area (Å²) in [5, 5.41) is 0. The summed E-state index contributed by atoms with van der Waals surface area (Å²) >= 11 is 0. The van der Waals surface area contributed by atoms with Crippen LogP contribution in [0.5, 0.6) is 11.5 Å². The molecule has 2 aliphatic heterocycles. The molecule has 0 radical (unpaired) electrons. The minimum absolute atomic E-state index is 0.0427. The second-order valence-corrected chi connectivity index (χ2v) is 8.79. The first-order chi connectivity index (χ1) is 15.3. The summed E-state index contributed by atoms with van der Waals surface area (Å²) in [7, 11) is 3.19. The SMILES string of the molecule is COc1ccc(CCC(=O)N2CCCN(C(=O)C3CC(=O)N(C(C)C)C3)CC2)cc1OC. The molecule has 1 aromatic rings. The van der Waals surface area contributed by atoms with Gasteiger partial charge in [0.15, 0.2) is 11.5 Å². The van der Waals surface area contributed by atoms with Crippen LogP contribution in [0.15, 0.2) is 18.2 Å². The van der Waals surface area contributed by atoms with Gasteiger partial charge in [-0.3, -0.25) is 14.4 Å². The summed E-state index contributed by atoms with van der Waals surface area (Å²) in [6.07, 6.45) is 2.07. The summed E-state index contributed by atoms with van der Waals surface area (Å²) in [6, 6.07) is 5.81. The quantitative estimate of drug-likeness (QED) is 0.641. The van der Waals surface area contributed by atoms with Crippen LogP contribution < -0.4 is 9.47 Å². The van der Waals surface area contributed by atoms with Gasteiger partial charge in [-0.1, -0.05) is 6.07 Å². The van der Waals surface area contributed by atoms with Crippen molar-refractivity contribution in [2.45, 2.75) is 45.6 Å². The highest BCUT2D eigenvalue weighted by molar-refractivity contribution is 5.89. The van der Waals surface area contributed by atoms with Crippen LogP contribution in [-0.2, 0) is 20.8 Å². The third-order valence-corrected chi connectivity index (χ3v) is 6.37. The van der Waals surface area contributed by atoms with Gasteiger partial charge in [0.25, 0.3) is 0 Å². The lowest BCUT2D eigenvalue weighted by Crippen LogP contribution is -2.41. The van der Waals surface area contributed by atoms with Gasteiger partial charge in [0.05, 0.1) is 20.1 Å². The van der Waals surface area contributed by atoms with Gasteiger partial charge in [0.1, 0.15) is 0 Å². The van der Waals surface area contributed by atoms with Crippen LogP contribution >= 0.6 is 0 Å². The molecule has 0 saturated carbocycles. The zero-order chi connectivity index (χ0) is 23.3. The zero-order valence-corrected chi connectivity index (χ0v) is 19.6. The first-order valence-electron chi connectivity index (χ1n) is 11.4. The predicted molar refractivity (Wildman–Crippen MR) is 121 cm³/mol. The number of amides is 3. The number of hydrogen-bond donors (Lipinski definition) is 0. The molecule has 0 aromatic heterocycles. The van der Waals surface area contributed by atoms with E-state index in [2.05, 4.69) is 0 Å². The minimum Gasteiger partial charge on any atom is -0.493 e. The van der Waals surface area contributed by atoms with E-state index in [1.165, 1.54) is 0 Å². The van der Waals surface area contributed by atoms with Crippen molar-refractivity contribution < 1.29 is 23.9 Å². The first-order valence-corrected chi connectivity index (χ1v) is 11.4. The summed E-state index contributed by atoms with van der Waals surface area (Å²) in [5.74, 6) is 1.25. The van der Waals surface area contributed by atoms with Gasteiger partial charge in [0, 0.05) is 51.6 Å². The third-order valence-electron chi connectivity index (χ3n) is 6.37. The van der Waals surface area contributed by atoms with Crippen molar-refractivity contribution in [1.82, 2.24) is 14.7 Å². The maximum atomic E-state index is 13.0. The van der Waals surface area contributed by atoms with Crippen molar-refractivity contribution >= 4 is 17.7 Å². The van der Waals surface area contributed by atoms with Crippen molar-refractivity contribution in [2.75, 3.05) is 46.9 Å². The summed E-state index contributed by atoms with van der Waals surface area (Å²) in [4.78, 5) is 43.4. The second-order valence-electron chi connectivity index (χ2n) is 8.79. The molecule has 8 nitrogen and oxygen atoms in total. The summed E-state index contributed by atoms with van der Waals surface area (Å²) in [6.45, 7) is 6.78. The maximum Gasteiger partial charge on any atom is 0.228 e. The summed E-state index contributed by atoms with van der Waals surface area (Å²) < 4.78 is 10.6. The van der Waals surface area contributed by atoms with Crippen LogP contribution in [0.1, 0.15) is 38.7 Å². The standard InChI is InChI=1S/C24H35N3O5/c1-17(2)27-16-19(15-23(27)29)24(30)26-11-5-10-25(12-13-26)22(28)9-7-18-6-8-20(31-3)21(14-18)32-4/h6,8,14,17,19H,5,7,9-13,15-16H2,1-4H3. The van der Waals surface area contributed by atoms with E-state index in [4.69, 9.17) is 9.47 Å². The smallest absolute Gasteiger partial charge is 0.228 e. The average Bonchev–Trinajstić information content (AvgIpc) is 3.02. The molecule has 0 spiro atoms. The number of hydrogen-bond acceptors (Lipinski definition) is 5. The second kappa shape index (κ2) is 10.7. The lowest BCUT2D eigenvalue weighted by atomic mass is 10.1. The Morgan fingerprint density at radius 3 is 2.38 bits per heavy atom. The fourth-order valence-corrected chi connectivity index (χ4v) is 4.49. The number of likely N-dealkylation sites (tertiary alicyclic amines) is 1. The van der Waals surface area contributed by atoms with Crippen LogP contribution in [0.25, 0.3) is 0 Å². The predicted octanol–water partition coefficient (Wildman–Crippen LogP) is 1.95. The average molecular weight is 446 g/mol. The van der Waals surface area contributed by atoms with E-state index < -0.39 is 0 Å². The van der Waals surface area contributed by atoms with E-state index in [1.54, 1.807) is 19.1 Å². The number of carbonyl (C=O) groups is 3. The molecule has 2 aliphatic rings. The van der Waals surface area contributed by atoms with Crippen molar-refractivity contribution in [2.24, 2.45) is 5.92 Å². The Morgan fingerprint density at radius 1 is 1.03 bits per heavy atom. The molecule has 0 aliphatic carbocycles. The number of methoxy groups -OCH3 is 2. The highest BCUT2D eigenvalue weighted by Gasteiger charge is 2.37. The number of nitrogens with zero attached hydrogens (tertiary/aromatic N) is 3. The van der Waals surface area contributed by atoms with Crippen LogP contribution in [0.4, 0.5) is 0 Å². The van der Waals surface area contributed by atoms with Crippen molar-refractivity contribution in [1.29, 1.82) is 0 Å². The molecule has 8 heteroatoms. The Hall–Kier alpha value is -2.77. The van der Waals surface area contributed by atoms with E-state index in [1.807, 2.05) is 41.8 Å². The molecular formula is C24H35N3O5.